The molecule has 0 bridgehead atoms. The molecule has 7 heteroatoms. The van der Waals surface area contributed by atoms with Crippen LogP contribution >= 0.6 is 11.6 Å². The van der Waals surface area contributed by atoms with Gasteiger partial charge in [-0.05, 0) is 24.0 Å². The second-order valence-electron chi connectivity index (χ2n) is 6.64. The van der Waals surface area contributed by atoms with E-state index in [-0.39, 0.29) is 0 Å². The summed E-state index contributed by atoms with van der Waals surface area (Å²) in [7, 11) is 0. The molecule has 0 spiro atoms. The summed E-state index contributed by atoms with van der Waals surface area (Å²) in [5.74, 6) is 2.95. The van der Waals surface area contributed by atoms with E-state index in [1.54, 1.807) is 18.3 Å². The molecule has 0 amide bonds. The molecule has 3 N–H and O–H groups in total. The zero-order chi connectivity index (χ0) is 17.7. The van der Waals surface area contributed by atoms with Crippen LogP contribution in [0, 0.1) is 11.8 Å². The molecule has 2 aromatic rings. The van der Waals surface area contributed by atoms with Crippen LogP contribution in [0.3, 0.4) is 0 Å². The minimum atomic E-state index is 0.507. The highest BCUT2D eigenvalue weighted by molar-refractivity contribution is 6.30. The Morgan fingerprint density at radius 3 is 2.29 bits per heavy atom. The number of aromatic nitrogens is 3. The van der Waals surface area contributed by atoms with Gasteiger partial charge in [-0.2, -0.15) is 0 Å². The van der Waals surface area contributed by atoms with Gasteiger partial charge in [0.2, 0.25) is 0 Å². The van der Waals surface area contributed by atoms with Crippen molar-refractivity contribution in [2.75, 3.05) is 29.0 Å². The first-order valence-electron chi connectivity index (χ1n) is 8.10. The molecule has 0 atom stereocenters. The van der Waals surface area contributed by atoms with E-state index in [0.717, 1.165) is 18.9 Å². The first kappa shape index (κ1) is 18.3. The maximum atomic E-state index is 6.33. The highest BCUT2D eigenvalue weighted by atomic mass is 35.5. The summed E-state index contributed by atoms with van der Waals surface area (Å²) in [6.45, 7) is 10.5. The van der Waals surface area contributed by atoms with Crippen LogP contribution in [-0.4, -0.2) is 28.0 Å². The molecule has 0 aliphatic rings. The number of halogens is 1. The lowest BCUT2D eigenvalue weighted by atomic mass is 10.1. The van der Waals surface area contributed by atoms with E-state index >= 15 is 0 Å². The van der Waals surface area contributed by atoms with Gasteiger partial charge in [0.1, 0.15) is 17.8 Å². The molecule has 24 heavy (non-hydrogen) atoms. The molecule has 0 radical (unpaired) electrons. The number of anilines is 4. The van der Waals surface area contributed by atoms with Crippen molar-refractivity contribution in [3.05, 3.63) is 29.7 Å². The standard InChI is InChI=1S/C17H25ClN6/c1-11(2)8-24(9-12(3)4)17-15(19)16(21-10-22-17)23-14-6-5-13(18)7-20-14/h5-7,10-12H,8-9,19H2,1-4H3,(H,20,21,22,23). The highest BCUT2D eigenvalue weighted by Gasteiger charge is 2.17. The third kappa shape index (κ3) is 4.96. The number of nitrogens with two attached hydrogens (primary N) is 1. The average molecular weight is 349 g/mol. The van der Waals surface area contributed by atoms with Crippen LogP contribution in [0.2, 0.25) is 5.02 Å². The fourth-order valence-corrected chi connectivity index (χ4v) is 2.55. The summed E-state index contributed by atoms with van der Waals surface area (Å²) in [5, 5.41) is 3.71. The van der Waals surface area contributed by atoms with Gasteiger partial charge >= 0.3 is 0 Å². The second kappa shape index (κ2) is 8.15. The maximum Gasteiger partial charge on any atom is 0.160 e. The topological polar surface area (TPSA) is 80.0 Å². The van der Waals surface area contributed by atoms with Crippen molar-refractivity contribution in [3.63, 3.8) is 0 Å². The van der Waals surface area contributed by atoms with Crippen molar-refractivity contribution in [2.45, 2.75) is 27.7 Å². The largest absolute Gasteiger partial charge is 0.393 e. The number of nitrogens with zero attached hydrogens (tertiary/aromatic N) is 4. The SMILES string of the molecule is CC(C)CN(CC(C)C)c1ncnc(Nc2ccc(Cl)cn2)c1N. The van der Waals surface area contributed by atoms with Crippen molar-refractivity contribution in [2.24, 2.45) is 11.8 Å². The zero-order valence-electron chi connectivity index (χ0n) is 14.6. The molecule has 0 fully saturated rings. The highest BCUT2D eigenvalue weighted by Crippen LogP contribution is 2.29. The smallest absolute Gasteiger partial charge is 0.160 e. The summed E-state index contributed by atoms with van der Waals surface area (Å²) >= 11 is 5.86. The molecule has 2 aromatic heterocycles. The monoisotopic (exact) mass is 348 g/mol. The summed E-state index contributed by atoms with van der Waals surface area (Å²) in [6.07, 6.45) is 3.10. The van der Waals surface area contributed by atoms with Crippen molar-refractivity contribution in [1.29, 1.82) is 0 Å². The zero-order valence-corrected chi connectivity index (χ0v) is 15.4. The Morgan fingerprint density at radius 1 is 1.08 bits per heavy atom. The Hall–Kier alpha value is -2.08. The maximum absolute atomic E-state index is 6.33. The lowest BCUT2D eigenvalue weighted by Crippen LogP contribution is -2.32. The predicted molar refractivity (Wildman–Crippen MR) is 101 cm³/mol. The van der Waals surface area contributed by atoms with E-state index in [1.807, 2.05) is 0 Å². The van der Waals surface area contributed by atoms with Crippen molar-refractivity contribution >= 4 is 34.7 Å². The first-order chi connectivity index (χ1) is 11.4. The van der Waals surface area contributed by atoms with E-state index in [1.165, 1.54) is 6.33 Å². The molecule has 0 unspecified atom stereocenters. The lowest BCUT2D eigenvalue weighted by molar-refractivity contribution is 0.549. The van der Waals surface area contributed by atoms with Crippen LogP contribution in [0.1, 0.15) is 27.7 Å². The van der Waals surface area contributed by atoms with Gasteiger partial charge in [0.15, 0.2) is 11.6 Å². The number of rotatable bonds is 7. The molecule has 2 heterocycles. The second-order valence-corrected chi connectivity index (χ2v) is 7.08. The lowest BCUT2D eigenvalue weighted by Gasteiger charge is -2.28. The van der Waals surface area contributed by atoms with Gasteiger partial charge in [-0.1, -0.05) is 39.3 Å². The number of hydrogen-bond acceptors (Lipinski definition) is 6. The van der Waals surface area contributed by atoms with Crippen LogP contribution in [0.4, 0.5) is 23.1 Å². The molecule has 0 aromatic carbocycles. The Kier molecular flexibility index (Phi) is 6.20. The van der Waals surface area contributed by atoms with Crippen LogP contribution in [-0.2, 0) is 0 Å². The Labute approximate surface area is 148 Å². The van der Waals surface area contributed by atoms with E-state index < -0.39 is 0 Å². The van der Waals surface area contributed by atoms with Crippen LogP contribution in [0.5, 0.6) is 0 Å². The van der Waals surface area contributed by atoms with E-state index in [4.69, 9.17) is 17.3 Å². The van der Waals surface area contributed by atoms with Crippen molar-refractivity contribution in [3.8, 4) is 0 Å². The molecule has 0 aliphatic heterocycles. The third-order valence-corrected chi connectivity index (χ3v) is 3.53. The van der Waals surface area contributed by atoms with Crippen LogP contribution < -0.4 is 16.0 Å². The minimum absolute atomic E-state index is 0.507. The Morgan fingerprint density at radius 2 is 1.75 bits per heavy atom. The fourth-order valence-electron chi connectivity index (χ4n) is 2.44. The molecule has 0 aliphatic carbocycles. The van der Waals surface area contributed by atoms with Gasteiger partial charge in [0.25, 0.3) is 0 Å². The van der Waals surface area contributed by atoms with Gasteiger partial charge in [0, 0.05) is 19.3 Å². The Balaban J connectivity index is 2.28. The molecular formula is C17H25ClN6. The number of nitrogen functional groups attached to an aromatic ring is 1. The van der Waals surface area contributed by atoms with E-state index in [2.05, 4.69) is 52.9 Å². The fraction of sp³-hybridized carbons (Fsp3) is 0.471. The molecule has 2 rings (SSSR count). The van der Waals surface area contributed by atoms with Gasteiger partial charge in [0.05, 0.1) is 5.02 Å². The van der Waals surface area contributed by atoms with E-state index in [0.29, 0.717) is 34.2 Å². The van der Waals surface area contributed by atoms with Crippen LogP contribution in [0.15, 0.2) is 24.7 Å². The molecule has 0 saturated carbocycles. The molecule has 6 nitrogen and oxygen atoms in total. The molecule has 0 saturated heterocycles. The third-order valence-electron chi connectivity index (χ3n) is 3.31. The van der Waals surface area contributed by atoms with Gasteiger partial charge < -0.3 is 16.0 Å². The average Bonchev–Trinajstić information content (AvgIpc) is 2.50. The van der Waals surface area contributed by atoms with Gasteiger partial charge in [-0.3, -0.25) is 0 Å². The molecular weight excluding hydrogens is 324 g/mol. The Bertz CT molecular complexity index is 647. The minimum Gasteiger partial charge on any atom is -0.393 e. The van der Waals surface area contributed by atoms with Crippen molar-refractivity contribution < 1.29 is 0 Å². The van der Waals surface area contributed by atoms with Crippen molar-refractivity contribution in [1.82, 2.24) is 15.0 Å². The summed E-state index contributed by atoms with van der Waals surface area (Å²) in [5.41, 5.74) is 6.85. The predicted octanol–water partition coefficient (Wildman–Crippen LogP) is 3.97. The van der Waals surface area contributed by atoms with Gasteiger partial charge in [-0.25, -0.2) is 15.0 Å². The first-order valence-corrected chi connectivity index (χ1v) is 8.48. The summed E-state index contributed by atoms with van der Waals surface area (Å²) in [6, 6.07) is 3.54. The normalized spacial score (nSPS) is 11.1. The number of pyridine rings is 1. The quantitative estimate of drug-likeness (QED) is 0.788. The van der Waals surface area contributed by atoms with Crippen LogP contribution in [0.25, 0.3) is 0 Å². The van der Waals surface area contributed by atoms with Gasteiger partial charge in [-0.15, -0.1) is 0 Å². The summed E-state index contributed by atoms with van der Waals surface area (Å²) in [4.78, 5) is 15.1. The summed E-state index contributed by atoms with van der Waals surface area (Å²) < 4.78 is 0. The molecule has 130 valence electrons. The number of hydrogen-bond donors (Lipinski definition) is 2. The number of nitrogens with one attached hydrogen (secondary N) is 1. The van der Waals surface area contributed by atoms with E-state index in [9.17, 15) is 0 Å².